The zero-order chi connectivity index (χ0) is 16.2. The van der Waals surface area contributed by atoms with Crippen LogP contribution in [0.1, 0.15) is 18.4 Å². The molecule has 2 aromatic heterocycles. The largest absolute Gasteiger partial charge is 0.497 e. The molecular formula is C18H18N4O. The normalized spacial score (nSPS) is 10.7. The predicted molar refractivity (Wildman–Crippen MR) is 89.1 cm³/mol. The van der Waals surface area contributed by atoms with E-state index in [4.69, 9.17) is 15.0 Å². The number of pyridine rings is 1. The predicted octanol–water partition coefficient (Wildman–Crippen LogP) is 3.72. The van der Waals surface area contributed by atoms with Crippen LogP contribution >= 0.6 is 0 Å². The lowest BCUT2D eigenvalue weighted by molar-refractivity contribution is 0.415. The van der Waals surface area contributed by atoms with Gasteiger partial charge in [-0.3, -0.25) is 0 Å². The molecular weight excluding hydrogens is 288 g/mol. The second kappa shape index (κ2) is 6.49. The lowest BCUT2D eigenvalue weighted by atomic mass is 10.2. The number of aromatic nitrogens is 3. The van der Waals surface area contributed by atoms with Crippen LogP contribution in [0.4, 0.5) is 0 Å². The van der Waals surface area contributed by atoms with Gasteiger partial charge in [0.05, 0.1) is 13.2 Å². The summed E-state index contributed by atoms with van der Waals surface area (Å²) in [7, 11) is 1.65. The fourth-order valence-electron chi connectivity index (χ4n) is 2.60. The molecule has 1 aromatic carbocycles. The number of imidazole rings is 1. The maximum atomic E-state index is 8.78. The van der Waals surface area contributed by atoms with Gasteiger partial charge in [0.15, 0.2) is 5.65 Å². The van der Waals surface area contributed by atoms with Crippen molar-refractivity contribution in [3.8, 4) is 23.2 Å². The van der Waals surface area contributed by atoms with E-state index < -0.39 is 0 Å². The van der Waals surface area contributed by atoms with E-state index in [9.17, 15) is 0 Å². The Morgan fingerprint density at radius 3 is 2.74 bits per heavy atom. The molecule has 0 unspecified atom stereocenters. The van der Waals surface area contributed by atoms with Gasteiger partial charge in [-0.15, -0.1) is 0 Å². The number of fused-ring (bicyclic) bond motifs is 1. The SMILES string of the molecule is COc1ccc(-c2nc3cc(C)cnc3n2CCCC#N)cc1. The molecule has 0 saturated heterocycles. The number of methoxy groups -OCH3 is 1. The summed E-state index contributed by atoms with van der Waals surface area (Å²) in [6.45, 7) is 2.73. The van der Waals surface area contributed by atoms with E-state index in [1.54, 1.807) is 7.11 Å². The molecule has 0 spiro atoms. The highest BCUT2D eigenvalue weighted by molar-refractivity contribution is 5.77. The first kappa shape index (κ1) is 15.0. The van der Waals surface area contributed by atoms with E-state index in [-0.39, 0.29) is 0 Å². The molecule has 5 heteroatoms. The number of hydrogen-bond donors (Lipinski definition) is 0. The number of nitriles is 1. The Balaban J connectivity index is 2.09. The molecule has 0 atom stereocenters. The van der Waals surface area contributed by atoms with E-state index in [2.05, 4.69) is 15.6 Å². The third-order valence-corrected chi connectivity index (χ3v) is 3.74. The molecule has 0 aliphatic rings. The first-order chi connectivity index (χ1) is 11.2. The zero-order valence-electron chi connectivity index (χ0n) is 13.3. The van der Waals surface area contributed by atoms with E-state index in [0.29, 0.717) is 6.42 Å². The van der Waals surface area contributed by atoms with Gasteiger partial charge in [-0.2, -0.15) is 5.26 Å². The van der Waals surface area contributed by atoms with Crippen molar-refractivity contribution >= 4 is 11.2 Å². The third kappa shape index (κ3) is 3.02. The van der Waals surface area contributed by atoms with Gasteiger partial charge >= 0.3 is 0 Å². The summed E-state index contributed by atoms with van der Waals surface area (Å²) in [5.41, 5.74) is 3.84. The van der Waals surface area contributed by atoms with Crippen LogP contribution in [0.25, 0.3) is 22.6 Å². The van der Waals surface area contributed by atoms with E-state index in [1.807, 2.05) is 43.5 Å². The van der Waals surface area contributed by atoms with Crippen molar-refractivity contribution in [2.45, 2.75) is 26.3 Å². The molecule has 0 saturated carbocycles. The lowest BCUT2D eigenvalue weighted by Gasteiger charge is -2.08. The van der Waals surface area contributed by atoms with Crippen molar-refractivity contribution in [3.05, 3.63) is 42.1 Å². The Morgan fingerprint density at radius 1 is 1.26 bits per heavy atom. The Hall–Kier alpha value is -2.87. The summed E-state index contributed by atoms with van der Waals surface area (Å²) in [5, 5.41) is 8.78. The van der Waals surface area contributed by atoms with Crippen LogP contribution in [-0.4, -0.2) is 21.6 Å². The first-order valence-corrected chi connectivity index (χ1v) is 7.57. The Morgan fingerprint density at radius 2 is 2.04 bits per heavy atom. The first-order valence-electron chi connectivity index (χ1n) is 7.57. The smallest absolute Gasteiger partial charge is 0.160 e. The van der Waals surface area contributed by atoms with Gasteiger partial charge in [0.1, 0.15) is 17.1 Å². The van der Waals surface area contributed by atoms with Crippen LogP contribution in [-0.2, 0) is 6.54 Å². The Kier molecular flexibility index (Phi) is 4.24. The Labute approximate surface area is 135 Å². The fraction of sp³-hybridized carbons (Fsp3) is 0.278. The van der Waals surface area contributed by atoms with Crippen LogP contribution in [0.3, 0.4) is 0 Å². The minimum atomic E-state index is 0.521. The summed E-state index contributed by atoms with van der Waals surface area (Å²) in [6.07, 6.45) is 3.15. The number of aryl methyl sites for hydroxylation is 2. The highest BCUT2D eigenvalue weighted by Gasteiger charge is 2.13. The monoisotopic (exact) mass is 306 g/mol. The molecule has 0 aliphatic heterocycles. The standard InChI is InChI=1S/C18H18N4O/c1-13-11-16-18(20-12-13)22(10-4-3-9-19)17(21-16)14-5-7-15(23-2)8-6-14/h5-8,11-12H,3-4,10H2,1-2H3. The number of benzene rings is 1. The molecule has 116 valence electrons. The molecule has 3 rings (SSSR count). The second-order valence-corrected chi connectivity index (χ2v) is 5.43. The molecule has 0 aliphatic carbocycles. The van der Waals surface area contributed by atoms with Gasteiger partial charge < -0.3 is 9.30 Å². The van der Waals surface area contributed by atoms with Crippen molar-refractivity contribution < 1.29 is 4.74 Å². The number of ether oxygens (including phenoxy) is 1. The molecule has 0 radical (unpaired) electrons. The molecule has 0 amide bonds. The van der Waals surface area contributed by atoms with Crippen molar-refractivity contribution in [3.63, 3.8) is 0 Å². The third-order valence-electron chi connectivity index (χ3n) is 3.74. The average molecular weight is 306 g/mol. The molecule has 0 N–H and O–H groups in total. The van der Waals surface area contributed by atoms with Crippen molar-refractivity contribution in [1.29, 1.82) is 5.26 Å². The van der Waals surface area contributed by atoms with Gasteiger partial charge in [-0.25, -0.2) is 9.97 Å². The van der Waals surface area contributed by atoms with Crippen molar-refractivity contribution in [2.24, 2.45) is 0 Å². The summed E-state index contributed by atoms with van der Waals surface area (Å²) in [6, 6.07) is 12.1. The molecule has 5 nitrogen and oxygen atoms in total. The zero-order valence-corrected chi connectivity index (χ0v) is 13.3. The van der Waals surface area contributed by atoms with Crippen LogP contribution in [0.5, 0.6) is 5.75 Å². The highest BCUT2D eigenvalue weighted by Crippen LogP contribution is 2.26. The summed E-state index contributed by atoms with van der Waals surface area (Å²) >= 11 is 0. The molecule has 23 heavy (non-hydrogen) atoms. The van der Waals surface area contributed by atoms with Gasteiger partial charge in [0.2, 0.25) is 0 Å². The molecule has 0 bridgehead atoms. The highest BCUT2D eigenvalue weighted by atomic mass is 16.5. The minimum absolute atomic E-state index is 0.521. The average Bonchev–Trinajstić information content (AvgIpc) is 2.93. The van der Waals surface area contributed by atoms with Crippen LogP contribution < -0.4 is 4.74 Å². The summed E-state index contributed by atoms with van der Waals surface area (Å²) in [5.74, 6) is 1.69. The van der Waals surface area contributed by atoms with Gasteiger partial charge in [-0.05, 0) is 49.2 Å². The van der Waals surface area contributed by atoms with Crippen molar-refractivity contribution in [1.82, 2.24) is 14.5 Å². The van der Waals surface area contributed by atoms with Crippen LogP contribution in [0, 0.1) is 18.3 Å². The number of nitrogens with zero attached hydrogens (tertiary/aromatic N) is 4. The minimum Gasteiger partial charge on any atom is -0.497 e. The van der Waals surface area contributed by atoms with Gasteiger partial charge in [0.25, 0.3) is 0 Å². The fourth-order valence-corrected chi connectivity index (χ4v) is 2.60. The quantitative estimate of drug-likeness (QED) is 0.674. The van der Waals surface area contributed by atoms with Crippen molar-refractivity contribution in [2.75, 3.05) is 7.11 Å². The number of hydrogen-bond acceptors (Lipinski definition) is 4. The number of unbranched alkanes of at least 4 members (excludes halogenated alkanes) is 1. The van der Waals surface area contributed by atoms with Gasteiger partial charge in [0, 0.05) is 24.7 Å². The number of rotatable bonds is 5. The van der Waals surface area contributed by atoms with E-state index in [1.165, 1.54) is 0 Å². The summed E-state index contributed by atoms with van der Waals surface area (Å²) < 4.78 is 7.30. The maximum absolute atomic E-state index is 8.78. The maximum Gasteiger partial charge on any atom is 0.160 e. The van der Waals surface area contributed by atoms with Crippen LogP contribution in [0.15, 0.2) is 36.5 Å². The molecule has 2 heterocycles. The molecule has 3 aromatic rings. The molecule has 0 fully saturated rings. The van der Waals surface area contributed by atoms with Crippen LogP contribution in [0.2, 0.25) is 0 Å². The summed E-state index contributed by atoms with van der Waals surface area (Å²) in [4.78, 5) is 9.29. The lowest BCUT2D eigenvalue weighted by Crippen LogP contribution is -2.02. The van der Waals surface area contributed by atoms with E-state index >= 15 is 0 Å². The van der Waals surface area contributed by atoms with Gasteiger partial charge in [-0.1, -0.05) is 0 Å². The topological polar surface area (TPSA) is 63.7 Å². The Bertz CT molecular complexity index is 859. The second-order valence-electron chi connectivity index (χ2n) is 5.43. The van der Waals surface area contributed by atoms with E-state index in [0.717, 1.165) is 46.8 Å².